The molecule has 1 aliphatic carbocycles. The number of amides is 3. The highest BCUT2D eigenvalue weighted by Crippen LogP contribution is 2.37. The maximum Gasteiger partial charge on any atom is 0.330 e. The van der Waals surface area contributed by atoms with Gasteiger partial charge in [0.15, 0.2) is 5.82 Å². The van der Waals surface area contributed by atoms with Gasteiger partial charge in [0.2, 0.25) is 5.88 Å². The molecule has 1 spiro atoms. The summed E-state index contributed by atoms with van der Waals surface area (Å²) in [6.07, 6.45) is 4.44. The minimum atomic E-state index is -0.784. The number of rotatable bonds is 4. The molecule has 8 heteroatoms. The number of methoxy groups -OCH3 is 1. The van der Waals surface area contributed by atoms with Crippen molar-refractivity contribution in [3.8, 4) is 17.4 Å². The molecule has 1 N–H and O–H groups in total. The number of carbonyl (C=O) groups excluding carboxylic acids is 2. The summed E-state index contributed by atoms with van der Waals surface area (Å²) in [5, 5.41) is 2.84. The Bertz CT molecular complexity index is 908. The van der Waals surface area contributed by atoms with Gasteiger partial charge in [0.05, 0.1) is 7.11 Å². The third kappa shape index (κ3) is 2.97. The fraction of sp³-hybridized carbons (Fsp3) is 0.368. The Balaban J connectivity index is 1.59. The first-order valence-corrected chi connectivity index (χ1v) is 8.84. The molecule has 0 bridgehead atoms. The molecule has 27 heavy (non-hydrogen) atoms. The van der Waals surface area contributed by atoms with E-state index >= 15 is 0 Å². The molecule has 2 heterocycles. The van der Waals surface area contributed by atoms with Crippen LogP contribution in [0, 0.1) is 6.92 Å². The summed E-state index contributed by atoms with van der Waals surface area (Å²) < 4.78 is 11.1. The quantitative estimate of drug-likeness (QED) is 0.834. The van der Waals surface area contributed by atoms with E-state index in [2.05, 4.69) is 15.3 Å². The second kappa shape index (κ2) is 6.53. The number of carbonyl (C=O) groups is 2. The Hall–Kier alpha value is -3.16. The molecule has 2 aliphatic rings. The van der Waals surface area contributed by atoms with Crippen molar-refractivity contribution in [2.24, 2.45) is 0 Å². The van der Waals surface area contributed by atoms with Crippen LogP contribution < -0.4 is 19.7 Å². The fourth-order valence-corrected chi connectivity index (χ4v) is 3.64. The Morgan fingerprint density at radius 3 is 2.67 bits per heavy atom. The fourth-order valence-electron chi connectivity index (χ4n) is 3.64. The van der Waals surface area contributed by atoms with Crippen molar-refractivity contribution in [3.05, 3.63) is 36.2 Å². The number of ether oxygens (including phenoxy) is 2. The molecule has 4 rings (SSSR count). The topological polar surface area (TPSA) is 93.7 Å². The average molecular weight is 368 g/mol. The maximum atomic E-state index is 12.9. The monoisotopic (exact) mass is 368 g/mol. The summed E-state index contributed by atoms with van der Waals surface area (Å²) in [6.45, 7) is 1.93. The second-order valence-electron chi connectivity index (χ2n) is 6.81. The summed E-state index contributed by atoms with van der Waals surface area (Å²) in [5.74, 6) is 1.40. The Morgan fingerprint density at radius 1 is 1.15 bits per heavy atom. The predicted molar refractivity (Wildman–Crippen MR) is 97.1 cm³/mol. The van der Waals surface area contributed by atoms with Crippen LogP contribution in [0.15, 0.2) is 30.6 Å². The van der Waals surface area contributed by atoms with E-state index in [0.717, 1.165) is 23.3 Å². The molecule has 1 aromatic heterocycles. The smallest absolute Gasteiger partial charge is 0.330 e. The number of anilines is 1. The Morgan fingerprint density at radius 2 is 1.93 bits per heavy atom. The molecule has 1 aromatic carbocycles. The van der Waals surface area contributed by atoms with E-state index in [1.807, 2.05) is 13.0 Å². The third-order valence-electron chi connectivity index (χ3n) is 5.08. The number of urea groups is 1. The van der Waals surface area contributed by atoms with E-state index in [1.54, 1.807) is 19.2 Å². The van der Waals surface area contributed by atoms with Crippen LogP contribution in [0.2, 0.25) is 0 Å². The van der Waals surface area contributed by atoms with Crippen molar-refractivity contribution in [2.45, 2.75) is 38.1 Å². The van der Waals surface area contributed by atoms with E-state index in [1.165, 1.54) is 12.4 Å². The summed E-state index contributed by atoms with van der Waals surface area (Å²) >= 11 is 0. The summed E-state index contributed by atoms with van der Waals surface area (Å²) in [5.41, 5.74) is 0.197. The number of hydrogen-bond donors (Lipinski definition) is 1. The Kier molecular flexibility index (Phi) is 4.18. The third-order valence-corrected chi connectivity index (χ3v) is 5.08. The minimum Gasteiger partial charge on any atom is -0.496 e. The molecule has 1 aliphatic heterocycles. The van der Waals surface area contributed by atoms with Gasteiger partial charge in [-0.15, -0.1) is 0 Å². The molecule has 0 atom stereocenters. The standard InChI is InChI=1S/C19H20N4O4/c1-12-5-6-13(9-14(12)26-2)27-16-10-15(20-11-21-16)23-17(24)19(22-18(23)25)7-3-4-8-19/h5-6,9-11H,3-4,7-8H2,1-2H3,(H,22,25). The highest BCUT2D eigenvalue weighted by Gasteiger charge is 2.53. The van der Waals surface area contributed by atoms with Gasteiger partial charge in [0, 0.05) is 12.1 Å². The van der Waals surface area contributed by atoms with Crippen LogP contribution >= 0.6 is 0 Å². The van der Waals surface area contributed by atoms with Gasteiger partial charge in [-0.1, -0.05) is 18.9 Å². The molecule has 1 saturated carbocycles. The molecular formula is C19H20N4O4. The highest BCUT2D eigenvalue weighted by atomic mass is 16.5. The largest absolute Gasteiger partial charge is 0.496 e. The first-order valence-electron chi connectivity index (χ1n) is 8.84. The van der Waals surface area contributed by atoms with Gasteiger partial charge in [-0.2, -0.15) is 0 Å². The van der Waals surface area contributed by atoms with E-state index in [-0.39, 0.29) is 17.6 Å². The molecule has 1 saturated heterocycles. The van der Waals surface area contributed by atoms with Crippen molar-refractivity contribution in [2.75, 3.05) is 12.0 Å². The second-order valence-corrected chi connectivity index (χ2v) is 6.81. The number of nitrogens with one attached hydrogen (secondary N) is 1. The van der Waals surface area contributed by atoms with Gasteiger partial charge in [0.1, 0.15) is 23.4 Å². The number of nitrogens with zero attached hydrogens (tertiary/aromatic N) is 3. The first-order chi connectivity index (χ1) is 13.0. The number of benzene rings is 1. The molecule has 8 nitrogen and oxygen atoms in total. The van der Waals surface area contributed by atoms with Crippen LogP contribution in [0.5, 0.6) is 17.4 Å². The Labute approximate surface area is 156 Å². The van der Waals surface area contributed by atoms with Crippen molar-refractivity contribution in [1.82, 2.24) is 15.3 Å². The first kappa shape index (κ1) is 17.3. The normalized spacial score (nSPS) is 18.1. The van der Waals surface area contributed by atoms with E-state index in [4.69, 9.17) is 9.47 Å². The lowest BCUT2D eigenvalue weighted by molar-refractivity contribution is -0.121. The van der Waals surface area contributed by atoms with E-state index in [0.29, 0.717) is 24.3 Å². The van der Waals surface area contributed by atoms with Crippen molar-refractivity contribution in [1.29, 1.82) is 0 Å². The molecular weight excluding hydrogens is 348 g/mol. The summed E-state index contributed by atoms with van der Waals surface area (Å²) in [7, 11) is 1.59. The van der Waals surface area contributed by atoms with Gasteiger partial charge in [-0.3, -0.25) is 4.79 Å². The molecule has 0 radical (unpaired) electrons. The van der Waals surface area contributed by atoms with Gasteiger partial charge < -0.3 is 14.8 Å². The van der Waals surface area contributed by atoms with E-state index < -0.39 is 11.6 Å². The van der Waals surface area contributed by atoms with Gasteiger partial charge in [0.25, 0.3) is 5.91 Å². The van der Waals surface area contributed by atoms with Crippen LogP contribution in [0.25, 0.3) is 0 Å². The van der Waals surface area contributed by atoms with E-state index in [9.17, 15) is 9.59 Å². The van der Waals surface area contributed by atoms with Crippen molar-refractivity contribution < 1.29 is 19.1 Å². The molecule has 2 aromatic rings. The van der Waals surface area contributed by atoms with Gasteiger partial charge in [-0.05, 0) is 31.4 Å². The number of aryl methyl sites for hydroxylation is 1. The summed E-state index contributed by atoms with van der Waals surface area (Å²) in [6, 6.07) is 6.44. The zero-order chi connectivity index (χ0) is 19.0. The lowest BCUT2D eigenvalue weighted by atomic mass is 9.98. The zero-order valence-corrected chi connectivity index (χ0v) is 15.2. The highest BCUT2D eigenvalue weighted by molar-refractivity contribution is 6.23. The van der Waals surface area contributed by atoms with Crippen LogP contribution in [-0.4, -0.2) is 34.6 Å². The zero-order valence-electron chi connectivity index (χ0n) is 15.2. The predicted octanol–water partition coefficient (Wildman–Crippen LogP) is 2.95. The lowest BCUT2D eigenvalue weighted by Crippen LogP contribution is -2.44. The van der Waals surface area contributed by atoms with Crippen LogP contribution in [-0.2, 0) is 4.79 Å². The summed E-state index contributed by atoms with van der Waals surface area (Å²) in [4.78, 5) is 34.5. The molecule has 2 fully saturated rings. The molecule has 0 unspecified atom stereocenters. The van der Waals surface area contributed by atoms with Crippen molar-refractivity contribution >= 4 is 17.8 Å². The lowest BCUT2D eigenvalue weighted by Gasteiger charge is -2.19. The van der Waals surface area contributed by atoms with Crippen molar-refractivity contribution in [3.63, 3.8) is 0 Å². The maximum absolute atomic E-state index is 12.9. The SMILES string of the molecule is COc1cc(Oc2cc(N3C(=O)NC4(CCCC4)C3=O)ncn2)ccc1C. The van der Waals surface area contributed by atoms with Gasteiger partial charge >= 0.3 is 6.03 Å². The average Bonchev–Trinajstić information content (AvgIpc) is 3.22. The minimum absolute atomic E-state index is 0.199. The van der Waals surface area contributed by atoms with Crippen LogP contribution in [0.3, 0.4) is 0 Å². The van der Waals surface area contributed by atoms with Crippen LogP contribution in [0.1, 0.15) is 31.2 Å². The number of aromatic nitrogens is 2. The molecule has 3 amide bonds. The van der Waals surface area contributed by atoms with Gasteiger partial charge in [-0.25, -0.2) is 19.7 Å². The number of hydrogen-bond acceptors (Lipinski definition) is 6. The molecule has 140 valence electrons. The number of imide groups is 1. The van der Waals surface area contributed by atoms with Crippen LogP contribution in [0.4, 0.5) is 10.6 Å².